The zero-order valence-corrected chi connectivity index (χ0v) is 10.7. The van der Waals surface area contributed by atoms with E-state index in [1.54, 1.807) is 0 Å². The third kappa shape index (κ3) is 2.19. The monoisotopic (exact) mass is 230 g/mol. The molecule has 1 aromatic rings. The Labute approximate surface area is 104 Å². The summed E-state index contributed by atoms with van der Waals surface area (Å²) in [6.45, 7) is 6.13. The van der Waals surface area contributed by atoms with Crippen molar-refractivity contribution >= 4 is 5.69 Å². The minimum atomic E-state index is 0.645. The normalized spacial score (nSPS) is 30.1. The van der Waals surface area contributed by atoms with Crippen LogP contribution in [0.25, 0.3) is 0 Å². The van der Waals surface area contributed by atoms with Gasteiger partial charge in [-0.25, -0.2) is 0 Å². The summed E-state index contributed by atoms with van der Waals surface area (Å²) in [6.07, 6.45) is 4.20. The van der Waals surface area contributed by atoms with E-state index in [0.29, 0.717) is 6.04 Å². The molecule has 2 aliphatic rings. The maximum Gasteiger partial charge on any atom is 0.0389 e. The Kier molecular flexibility index (Phi) is 3.06. The molecule has 2 saturated heterocycles. The minimum Gasteiger partial charge on any atom is -0.366 e. The predicted octanol–water partition coefficient (Wildman–Crippen LogP) is 2.75. The molecule has 2 unspecified atom stereocenters. The molecule has 17 heavy (non-hydrogen) atoms. The minimum absolute atomic E-state index is 0.645. The number of hydrogen-bond donors (Lipinski definition) is 0. The lowest BCUT2D eigenvalue weighted by Crippen LogP contribution is -2.58. The fourth-order valence-corrected chi connectivity index (χ4v) is 3.33. The molecule has 0 amide bonds. The smallest absolute Gasteiger partial charge is 0.0389 e. The van der Waals surface area contributed by atoms with E-state index < -0.39 is 0 Å². The Hall–Kier alpha value is -1.02. The van der Waals surface area contributed by atoms with Gasteiger partial charge < -0.3 is 4.90 Å². The lowest BCUT2D eigenvalue weighted by atomic mass is 9.97. The summed E-state index contributed by atoms with van der Waals surface area (Å²) in [6, 6.07) is 12.3. The van der Waals surface area contributed by atoms with Gasteiger partial charge in [-0.05, 0) is 38.4 Å². The van der Waals surface area contributed by atoms with Gasteiger partial charge in [-0.2, -0.15) is 0 Å². The predicted molar refractivity (Wildman–Crippen MR) is 72.5 cm³/mol. The van der Waals surface area contributed by atoms with Crippen LogP contribution in [0.15, 0.2) is 30.3 Å². The van der Waals surface area contributed by atoms with Crippen LogP contribution in [-0.4, -0.2) is 36.6 Å². The molecular weight excluding hydrogens is 208 g/mol. The average molecular weight is 230 g/mol. The Balaban J connectivity index is 1.78. The average Bonchev–Trinajstić information content (AvgIpc) is 2.39. The number of hydrogen-bond acceptors (Lipinski definition) is 2. The van der Waals surface area contributed by atoms with Gasteiger partial charge in [0.05, 0.1) is 0 Å². The summed E-state index contributed by atoms with van der Waals surface area (Å²) >= 11 is 0. The van der Waals surface area contributed by atoms with Crippen molar-refractivity contribution in [3.8, 4) is 0 Å². The van der Waals surface area contributed by atoms with Crippen molar-refractivity contribution in [1.29, 1.82) is 0 Å². The summed E-state index contributed by atoms with van der Waals surface area (Å²) in [4.78, 5) is 5.29. The largest absolute Gasteiger partial charge is 0.366 e. The summed E-state index contributed by atoms with van der Waals surface area (Å²) in [5.41, 5.74) is 1.39. The number of rotatable bonds is 1. The van der Waals surface area contributed by atoms with Gasteiger partial charge in [0.25, 0.3) is 0 Å². The van der Waals surface area contributed by atoms with Crippen molar-refractivity contribution < 1.29 is 0 Å². The molecule has 0 N–H and O–H groups in total. The van der Waals surface area contributed by atoms with Gasteiger partial charge in [0.2, 0.25) is 0 Å². The second-order valence-corrected chi connectivity index (χ2v) is 5.48. The third-order valence-corrected chi connectivity index (χ3v) is 4.28. The first kappa shape index (κ1) is 11.1. The molecule has 2 aliphatic heterocycles. The van der Waals surface area contributed by atoms with Crippen LogP contribution in [0.1, 0.15) is 26.2 Å². The summed E-state index contributed by atoms with van der Waals surface area (Å²) in [5, 5.41) is 0. The first-order valence-electron chi connectivity index (χ1n) is 6.90. The standard InChI is InChI=1S/C15H22N2/c1-13-11-16-10-6-5-9-15(16)12-17(13)14-7-3-2-4-8-14/h2-4,7-8,13,15H,5-6,9-12H2,1H3. The van der Waals surface area contributed by atoms with Crippen LogP contribution in [0.4, 0.5) is 5.69 Å². The van der Waals surface area contributed by atoms with E-state index in [4.69, 9.17) is 0 Å². The molecule has 2 heterocycles. The van der Waals surface area contributed by atoms with Gasteiger partial charge in [0.15, 0.2) is 0 Å². The summed E-state index contributed by atoms with van der Waals surface area (Å²) < 4.78 is 0. The molecule has 0 bridgehead atoms. The van der Waals surface area contributed by atoms with Gasteiger partial charge in [-0.15, -0.1) is 0 Å². The third-order valence-electron chi connectivity index (χ3n) is 4.28. The van der Waals surface area contributed by atoms with Gasteiger partial charge in [0.1, 0.15) is 0 Å². The van der Waals surface area contributed by atoms with Crippen molar-refractivity contribution in [2.24, 2.45) is 0 Å². The maximum absolute atomic E-state index is 2.70. The van der Waals surface area contributed by atoms with E-state index in [0.717, 1.165) is 6.04 Å². The molecule has 2 nitrogen and oxygen atoms in total. The van der Waals surface area contributed by atoms with Crippen LogP contribution in [-0.2, 0) is 0 Å². The molecule has 2 atom stereocenters. The van der Waals surface area contributed by atoms with E-state index in [1.807, 2.05) is 0 Å². The number of nitrogens with zero attached hydrogens (tertiary/aromatic N) is 2. The maximum atomic E-state index is 2.70. The lowest BCUT2D eigenvalue weighted by Gasteiger charge is -2.48. The molecule has 1 aromatic carbocycles. The van der Waals surface area contributed by atoms with E-state index >= 15 is 0 Å². The number of anilines is 1. The molecule has 3 rings (SSSR count). The first-order valence-corrected chi connectivity index (χ1v) is 6.90. The quantitative estimate of drug-likeness (QED) is 0.732. The van der Waals surface area contributed by atoms with Gasteiger partial charge in [-0.1, -0.05) is 24.6 Å². The lowest BCUT2D eigenvalue weighted by molar-refractivity contribution is 0.115. The molecule has 0 saturated carbocycles. The van der Waals surface area contributed by atoms with Crippen molar-refractivity contribution in [2.75, 3.05) is 24.5 Å². The van der Waals surface area contributed by atoms with Crippen molar-refractivity contribution in [3.05, 3.63) is 30.3 Å². The molecule has 2 heteroatoms. The zero-order chi connectivity index (χ0) is 11.7. The number of benzene rings is 1. The Morgan fingerprint density at radius 3 is 2.71 bits per heavy atom. The number of para-hydroxylation sites is 1. The highest BCUT2D eigenvalue weighted by Crippen LogP contribution is 2.27. The van der Waals surface area contributed by atoms with Crippen LogP contribution in [0.3, 0.4) is 0 Å². The van der Waals surface area contributed by atoms with Crippen LogP contribution in [0.2, 0.25) is 0 Å². The molecule has 0 radical (unpaired) electrons. The number of piperazine rings is 1. The number of piperidine rings is 1. The van der Waals surface area contributed by atoms with E-state index in [9.17, 15) is 0 Å². The van der Waals surface area contributed by atoms with Crippen LogP contribution in [0.5, 0.6) is 0 Å². The SMILES string of the molecule is CC1CN2CCCCC2CN1c1ccccc1. The van der Waals surface area contributed by atoms with Crippen molar-refractivity contribution in [2.45, 2.75) is 38.3 Å². The molecule has 0 aromatic heterocycles. The van der Waals surface area contributed by atoms with E-state index in [1.165, 1.54) is 44.6 Å². The highest BCUT2D eigenvalue weighted by molar-refractivity contribution is 5.47. The Bertz CT molecular complexity index is 362. The van der Waals surface area contributed by atoms with Gasteiger partial charge in [0, 0.05) is 30.9 Å². The fraction of sp³-hybridized carbons (Fsp3) is 0.600. The fourth-order valence-electron chi connectivity index (χ4n) is 3.33. The zero-order valence-electron chi connectivity index (χ0n) is 10.7. The van der Waals surface area contributed by atoms with E-state index in [2.05, 4.69) is 47.1 Å². The highest BCUT2D eigenvalue weighted by atomic mass is 15.3. The Morgan fingerprint density at radius 2 is 1.88 bits per heavy atom. The topological polar surface area (TPSA) is 6.48 Å². The summed E-state index contributed by atoms with van der Waals surface area (Å²) in [5.74, 6) is 0. The summed E-state index contributed by atoms with van der Waals surface area (Å²) in [7, 11) is 0. The van der Waals surface area contributed by atoms with Crippen LogP contribution >= 0.6 is 0 Å². The molecule has 0 spiro atoms. The van der Waals surface area contributed by atoms with Crippen LogP contribution in [0, 0.1) is 0 Å². The second kappa shape index (κ2) is 4.69. The molecule has 92 valence electrons. The van der Waals surface area contributed by atoms with Crippen molar-refractivity contribution in [1.82, 2.24) is 4.90 Å². The number of fused-ring (bicyclic) bond motifs is 1. The highest BCUT2D eigenvalue weighted by Gasteiger charge is 2.32. The first-order chi connectivity index (χ1) is 8.34. The van der Waals surface area contributed by atoms with E-state index in [-0.39, 0.29) is 0 Å². The molecular formula is C15H22N2. The Morgan fingerprint density at radius 1 is 1.06 bits per heavy atom. The molecule has 2 fully saturated rings. The van der Waals surface area contributed by atoms with Crippen molar-refractivity contribution in [3.63, 3.8) is 0 Å². The van der Waals surface area contributed by atoms with Gasteiger partial charge in [-0.3, -0.25) is 4.90 Å². The van der Waals surface area contributed by atoms with Gasteiger partial charge >= 0.3 is 0 Å². The molecule has 0 aliphatic carbocycles. The van der Waals surface area contributed by atoms with Crippen LogP contribution < -0.4 is 4.90 Å². The second-order valence-electron chi connectivity index (χ2n) is 5.48.